The molecule has 1 saturated heterocycles. The van der Waals surface area contributed by atoms with Crippen LogP contribution in [0.25, 0.3) is 11.0 Å². The molecule has 1 aromatic heterocycles. The number of furan rings is 1. The largest absolute Gasteiger partial charge is 0.459 e. The van der Waals surface area contributed by atoms with Gasteiger partial charge in [0.1, 0.15) is 17.2 Å². The van der Waals surface area contributed by atoms with Crippen LogP contribution in [-0.2, 0) is 10.0 Å². The van der Waals surface area contributed by atoms with Crippen molar-refractivity contribution < 1.29 is 22.0 Å². The fourth-order valence-corrected chi connectivity index (χ4v) is 4.68. The van der Waals surface area contributed by atoms with Gasteiger partial charge in [-0.3, -0.25) is 0 Å². The summed E-state index contributed by atoms with van der Waals surface area (Å²) in [4.78, 5) is 12.6. The number of urea groups is 1. The molecule has 2 N–H and O–H groups in total. The lowest BCUT2D eigenvalue weighted by molar-refractivity contribution is 0.216. The van der Waals surface area contributed by atoms with Gasteiger partial charge in [0.05, 0.1) is 12.3 Å². The third kappa shape index (κ3) is 4.90. The topological polar surface area (TPSA) is 91.7 Å². The van der Waals surface area contributed by atoms with Gasteiger partial charge in [-0.25, -0.2) is 21.9 Å². The number of nitrogens with zero attached hydrogens (tertiary/aromatic N) is 1. The first-order valence-electron chi connectivity index (χ1n) is 9.77. The molecule has 1 aliphatic heterocycles. The lowest BCUT2D eigenvalue weighted by Gasteiger charge is -2.32. The molecule has 7 nitrogen and oxygen atoms in total. The lowest BCUT2D eigenvalue weighted by atomic mass is 9.98. The number of benzene rings is 1. The smallest absolute Gasteiger partial charge is 0.315 e. The molecule has 3 rings (SSSR count). The monoisotopic (exact) mass is 425 g/mol. The van der Waals surface area contributed by atoms with Crippen LogP contribution in [0.3, 0.4) is 0 Å². The molecule has 29 heavy (non-hydrogen) atoms. The number of halogens is 1. The highest BCUT2D eigenvalue weighted by Crippen LogP contribution is 2.33. The maximum atomic E-state index is 13.6. The van der Waals surface area contributed by atoms with Gasteiger partial charge in [-0.15, -0.1) is 0 Å². The summed E-state index contributed by atoms with van der Waals surface area (Å²) in [5.41, 5.74) is 1.36. The van der Waals surface area contributed by atoms with Crippen LogP contribution < -0.4 is 10.6 Å². The summed E-state index contributed by atoms with van der Waals surface area (Å²) in [5, 5.41) is 6.51. The molecule has 2 amide bonds. The Morgan fingerprint density at radius 1 is 1.34 bits per heavy atom. The van der Waals surface area contributed by atoms with Crippen LogP contribution in [0.15, 0.2) is 22.6 Å². The van der Waals surface area contributed by atoms with Crippen LogP contribution in [0.4, 0.5) is 9.18 Å². The van der Waals surface area contributed by atoms with Gasteiger partial charge in [0.15, 0.2) is 0 Å². The van der Waals surface area contributed by atoms with E-state index < -0.39 is 16.1 Å². The van der Waals surface area contributed by atoms with E-state index in [1.807, 2.05) is 20.8 Å². The number of nitrogens with one attached hydrogen (secondary N) is 2. The second-order valence-corrected chi connectivity index (χ2v) is 10.0. The molecule has 2 aromatic rings. The average molecular weight is 426 g/mol. The summed E-state index contributed by atoms with van der Waals surface area (Å²) in [6.45, 7) is 6.51. The molecule has 1 aromatic carbocycles. The van der Waals surface area contributed by atoms with E-state index in [0.29, 0.717) is 36.1 Å². The lowest BCUT2D eigenvalue weighted by Crippen LogP contribution is -2.52. The highest BCUT2D eigenvalue weighted by atomic mass is 32.2. The van der Waals surface area contributed by atoms with E-state index in [2.05, 4.69) is 10.6 Å². The minimum absolute atomic E-state index is 0.0312. The zero-order valence-corrected chi connectivity index (χ0v) is 18.0. The van der Waals surface area contributed by atoms with E-state index in [0.717, 1.165) is 5.56 Å². The number of hydrogen-bond donors (Lipinski definition) is 2. The highest BCUT2D eigenvalue weighted by molar-refractivity contribution is 7.88. The minimum Gasteiger partial charge on any atom is -0.459 e. The summed E-state index contributed by atoms with van der Waals surface area (Å²) >= 11 is 0. The molecule has 2 heterocycles. The molecule has 0 spiro atoms. The number of rotatable bonds is 5. The van der Waals surface area contributed by atoms with Crippen LogP contribution in [0.5, 0.6) is 0 Å². The van der Waals surface area contributed by atoms with E-state index in [-0.39, 0.29) is 30.4 Å². The number of fused-ring (bicyclic) bond motifs is 1. The van der Waals surface area contributed by atoms with Crippen LogP contribution in [0.2, 0.25) is 0 Å². The van der Waals surface area contributed by atoms with Crippen LogP contribution in [0, 0.1) is 18.7 Å². The van der Waals surface area contributed by atoms with Crippen molar-refractivity contribution in [3.63, 3.8) is 0 Å². The quantitative estimate of drug-likeness (QED) is 0.769. The number of sulfonamides is 1. The van der Waals surface area contributed by atoms with Crippen molar-refractivity contribution in [2.75, 3.05) is 19.3 Å². The molecular weight excluding hydrogens is 397 g/mol. The fraction of sp³-hybridized carbons (Fsp3) is 0.550. The minimum atomic E-state index is -3.28. The number of hydrogen-bond acceptors (Lipinski definition) is 4. The van der Waals surface area contributed by atoms with Gasteiger partial charge in [0, 0.05) is 30.1 Å². The van der Waals surface area contributed by atoms with Crippen molar-refractivity contribution in [2.45, 2.75) is 45.7 Å². The van der Waals surface area contributed by atoms with Gasteiger partial charge in [-0.1, -0.05) is 13.8 Å². The van der Waals surface area contributed by atoms with E-state index in [1.54, 1.807) is 6.07 Å². The van der Waals surface area contributed by atoms with E-state index >= 15 is 0 Å². The summed E-state index contributed by atoms with van der Waals surface area (Å²) < 4.78 is 44.5. The van der Waals surface area contributed by atoms with Gasteiger partial charge in [-0.05, 0) is 43.9 Å². The van der Waals surface area contributed by atoms with Crippen molar-refractivity contribution in [2.24, 2.45) is 5.92 Å². The zero-order valence-electron chi connectivity index (χ0n) is 17.2. The van der Waals surface area contributed by atoms with Gasteiger partial charge < -0.3 is 15.1 Å². The molecule has 1 unspecified atom stereocenters. The standard InChI is InChI=1S/C20H28FN3O4S/c1-12(2)18(19-13(3)16-10-14(21)7-8-17(16)28-19)23-20(25)22-15-6-5-9-24(11-15)29(4,26)27/h7-8,10,12,15,18H,5-6,9,11H2,1-4H3,(H2,22,23,25)/t15?,18-/m1/s1. The maximum Gasteiger partial charge on any atom is 0.315 e. The van der Waals surface area contributed by atoms with Crippen LogP contribution in [-0.4, -0.2) is 44.1 Å². The number of piperidine rings is 1. The molecule has 9 heteroatoms. The van der Waals surface area contributed by atoms with Crippen LogP contribution >= 0.6 is 0 Å². The first-order chi connectivity index (χ1) is 13.6. The van der Waals surface area contributed by atoms with Gasteiger partial charge >= 0.3 is 6.03 Å². The number of carbonyl (C=O) groups excluding carboxylic acids is 1. The Balaban J connectivity index is 1.74. The Hall–Kier alpha value is -2.13. The van der Waals surface area contributed by atoms with Crippen molar-refractivity contribution in [3.05, 3.63) is 35.3 Å². The highest BCUT2D eigenvalue weighted by Gasteiger charge is 2.29. The summed E-state index contributed by atoms with van der Waals surface area (Å²) in [7, 11) is -3.28. The molecule has 0 radical (unpaired) electrons. The summed E-state index contributed by atoms with van der Waals surface area (Å²) in [6.07, 6.45) is 2.59. The second-order valence-electron chi connectivity index (χ2n) is 8.03. The molecule has 160 valence electrons. The van der Waals surface area contributed by atoms with E-state index in [9.17, 15) is 17.6 Å². The molecule has 0 bridgehead atoms. The van der Waals surface area contributed by atoms with Crippen molar-refractivity contribution >= 4 is 27.0 Å². The number of amides is 2. The normalized spacial score (nSPS) is 19.4. The second kappa shape index (κ2) is 8.31. The zero-order chi connectivity index (χ0) is 21.3. The van der Waals surface area contributed by atoms with Gasteiger partial charge in [0.2, 0.25) is 10.0 Å². The Bertz CT molecular complexity index is 1000. The SMILES string of the molecule is Cc1c([C@H](NC(=O)NC2CCCN(S(C)(=O)=O)C2)C(C)C)oc2ccc(F)cc12. The first-order valence-corrected chi connectivity index (χ1v) is 11.6. The third-order valence-corrected chi connectivity index (χ3v) is 6.63. The summed E-state index contributed by atoms with van der Waals surface area (Å²) in [5.74, 6) is 0.286. The third-order valence-electron chi connectivity index (χ3n) is 5.36. The van der Waals surface area contributed by atoms with E-state index in [4.69, 9.17) is 4.42 Å². The van der Waals surface area contributed by atoms with Crippen molar-refractivity contribution in [3.8, 4) is 0 Å². The Labute approximate surface area is 170 Å². The van der Waals surface area contributed by atoms with E-state index in [1.165, 1.54) is 22.7 Å². The average Bonchev–Trinajstić information content (AvgIpc) is 2.95. The Morgan fingerprint density at radius 2 is 2.07 bits per heavy atom. The molecule has 1 fully saturated rings. The van der Waals surface area contributed by atoms with Crippen LogP contribution in [0.1, 0.15) is 44.1 Å². The number of carbonyl (C=O) groups is 1. The van der Waals surface area contributed by atoms with Gasteiger partial charge in [-0.2, -0.15) is 0 Å². The fourth-order valence-electron chi connectivity index (χ4n) is 3.77. The Kier molecular flexibility index (Phi) is 6.19. The maximum absolute atomic E-state index is 13.6. The molecule has 1 aliphatic rings. The molecule has 0 aliphatic carbocycles. The molecule has 0 saturated carbocycles. The molecular formula is C20H28FN3O4S. The predicted octanol–water partition coefficient (Wildman–Crippen LogP) is 3.30. The Morgan fingerprint density at radius 3 is 2.72 bits per heavy atom. The predicted molar refractivity (Wildman–Crippen MR) is 110 cm³/mol. The van der Waals surface area contributed by atoms with Gasteiger partial charge in [0.25, 0.3) is 0 Å². The molecule has 2 atom stereocenters. The first kappa shape index (κ1) is 21.6. The summed E-state index contributed by atoms with van der Waals surface area (Å²) in [6, 6.07) is 3.32. The van der Waals surface area contributed by atoms with Crippen molar-refractivity contribution in [1.82, 2.24) is 14.9 Å². The van der Waals surface area contributed by atoms with Crippen molar-refractivity contribution in [1.29, 1.82) is 0 Å². The number of aryl methyl sites for hydroxylation is 1.